The maximum Gasteiger partial charge on any atom is 0.336 e. The average molecular weight is 406 g/mol. The lowest BCUT2D eigenvalue weighted by Gasteiger charge is -2.14. The molecule has 146 valence electrons. The molecule has 4 rings (SSSR count). The van der Waals surface area contributed by atoms with Gasteiger partial charge in [0.1, 0.15) is 5.58 Å². The van der Waals surface area contributed by atoms with Gasteiger partial charge >= 0.3 is 5.63 Å². The standard InChI is InChI=1S/C22H18N2O4S/c1-15-6-9-17(10-7-15)23-19-4-2-3-5-20(19)24-29(26,27)18-11-12-21-16(14-18)8-13-22(25)28-21/h2-14,23-24H,1H3. The molecule has 4 aromatic rings. The Labute approximate surface area is 167 Å². The minimum Gasteiger partial charge on any atom is -0.423 e. The van der Waals surface area contributed by atoms with Crippen molar-refractivity contribution in [3.05, 3.63) is 94.8 Å². The molecule has 0 unspecified atom stereocenters. The van der Waals surface area contributed by atoms with Gasteiger partial charge in [-0.15, -0.1) is 0 Å². The molecule has 0 spiro atoms. The van der Waals surface area contributed by atoms with E-state index in [9.17, 15) is 13.2 Å². The normalized spacial score (nSPS) is 11.3. The van der Waals surface area contributed by atoms with Crippen LogP contribution in [0.25, 0.3) is 11.0 Å². The predicted molar refractivity (Wildman–Crippen MR) is 114 cm³/mol. The van der Waals surface area contributed by atoms with Gasteiger partial charge in [0.25, 0.3) is 10.0 Å². The highest BCUT2D eigenvalue weighted by Crippen LogP contribution is 2.28. The molecular formula is C22H18N2O4S. The van der Waals surface area contributed by atoms with Gasteiger partial charge in [0.2, 0.25) is 0 Å². The summed E-state index contributed by atoms with van der Waals surface area (Å²) in [6.45, 7) is 2.00. The Morgan fingerprint density at radius 3 is 2.31 bits per heavy atom. The van der Waals surface area contributed by atoms with Gasteiger partial charge in [-0.1, -0.05) is 29.8 Å². The number of benzene rings is 3. The number of fused-ring (bicyclic) bond motifs is 1. The van der Waals surface area contributed by atoms with Gasteiger partial charge < -0.3 is 9.73 Å². The Hall–Kier alpha value is -3.58. The summed E-state index contributed by atoms with van der Waals surface area (Å²) in [5.41, 5.74) is 2.89. The Kier molecular flexibility index (Phi) is 4.82. The molecule has 29 heavy (non-hydrogen) atoms. The zero-order valence-corrected chi connectivity index (χ0v) is 16.4. The quantitative estimate of drug-likeness (QED) is 0.471. The zero-order chi connectivity index (χ0) is 20.4. The summed E-state index contributed by atoms with van der Waals surface area (Å²) in [5.74, 6) is 0. The smallest absolute Gasteiger partial charge is 0.336 e. The number of hydrogen-bond donors (Lipinski definition) is 2. The molecule has 0 aliphatic carbocycles. The number of anilines is 3. The first-order chi connectivity index (χ1) is 13.9. The van der Waals surface area contributed by atoms with Gasteiger partial charge in [-0.2, -0.15) is 0 Å². The molecule has 0 saturated carbocycles. The molecular weight excluding hydrogens is 388 g/mol. The van der Waals surface area contributed by atoms with Crippen LogP contribution in [0.5, 0.6) is 0 Å². The zero-order valence-electron chi connectivity index (χ0n) is 15.5. The Morgan fingerprint density at radius 1 is 0.828 bits per heavy atom. The van der Waals surface area contributed by atoms with Crippen LogP contribution >= 0.6 is 0 Å². The van der Waals surface area contributed by atoms with Crippen molar-refractivity contribution in [3.8, 4) is 0 Å². The van der Waals surface area contributed by atoms with Crippen molar-refractivity contribution in [2.75, 3.05) is 10.0 Å². The fraction of sp³-hybridized carbons (Fsp3) is 0.0455. The molecule has 0 atom stereocenters. The van der Waals surface area contributed by atoms with Crippen LogP contribution < -0.4 is 15.7 Å². The highest BCUT2D eigenvalue weighted by atomic mass is 32.2. The highest BCUT2D eigenvalue weighted by Gasteiger charge is 2.17. The summed E-state index contributed by atoms with van der Waals surface area (Å²) in [6, 6.07) is 22.0. The van der Waals surface area contributed by atoms with Gasteiger partial charge in [-0.05, 0) is 55.5 Å². The number of aryl methyl sites for hydroxylation is 1. The topological polar surface area (TPSA) is 88.4 Å². The minimum absolute atomic E-state index is 0.0731. The lowest BCUT2D eigenvalue weighted by atomic mass is 10.2. The number of rotatable bonds is 5. The molecule has 0 fully saturated rings. The van der Waals surface area contributed by atoms with Crippen molar-refractivity contribution in [2.45, 2.75) is 11.8 Å². The first-order valence-corrected chi connectivity index (χ1v) is 10.4. The Morgan fingerprint density at radius 2 is 1.55 bits per heavy atom. The molecule has 2 N–H and O–H groups in total. The molecule has 0 amide bonds. The molecule has 1 heterocycles. The molecule has 7 heteroatoms. The fourth-order valence-electron chi connectivity index (χ4n) is 2.89. The number of sulfonamides is 1. The van der Waals surface area contributed by atoms with Gasteiger partial charge in [-0.3, -0.25) is 4.72 Å². The second-order valence-corrected chi connectivity index (χ2v) is 8.28. The van der Waals surface area contributed by atoms with Crippen LogP contribution in [0.2, 0.25) is 0 Å². The van der Waals surface area contributed by atoms with E-state index in [0.717, 1.165) is 11.3 Å². The first-order valence-electron chi connectivity index (χ1n) is 8.90. The maximum absolute atomic E-state index is 12.9. The summed E-state index contributed by atoms with van der Waals surface area (Å²) in [7, 11) is -3.85. The summed E-state index contributed by atoms with van der Waals surface area (Å²) in [6.07, 6.45) is 0. The van der Waals surface area contributed by atoms with E-state index in [0.29, 0.717) is 22.3 Å². The van der Waals surface area contributed by atoms with E-state index in [2.05, 4.69) is 10.0 Å². The van der Waals surface area contributed by atoms with E-state index in [4.69, 9.17) is 4.42 Å². The number of para-hydroxylation sites is 2. The largest absolute Gasteiger partial charge is 0.423 e. The van der Waals surface area contributed by atoms with Crippen LogP contribution in [0.1, 0.15) is 5.56 Å². The highest BCUT2D eigenvalue weighted by molar-refractivity contribution is 7.92. The van der Waals surface area contributed by atoms with Crippen LogP contribution in [-0.4, -0.2) is 8.42 Å². The molecule has 0 bridgehead atoms. The third-order valence-corrected chi connectivity index (χ3v) is 5.77. The molecule has 3 aromatic carbocycles. The van der Waals surface area contributed by atoms with Gasteiger partial charge in [-0.25, -0.2) is 13.2 Å². The second kappa shape index (κ2) is 7.44. The van der Waals surface area contributed by atoms with Crippen molar-refractivity contribution >= 4 is 38.1 Å². The van der Waals surface area contributed by atoms with Crippen molar-refractivity contribution in [2.24, 2.45) is 0 Å². The first kappa shape index (κ1) is 18.8. The number of nitrogens with one attached hydrogen (secondary N) is 2. The summed E-state index contributed by atoms with van der Waals surface area (Å²) < 4.78 is 33.5. The van der Waals surface area contributed by atoms with E-state index < -0.39 is 15.6 Å². The second-order valence-electron chi connectivity index (χ2n) is 6.60. The van der Waals surface area contributed by atoms with Crippen molar-refractivity contribution in [1.29, 1.82) is 0 Å². The lowest BCUT2D eigenvalue weighted by molar-refractivity contribution is 0.560. The maximum atomic E-state index is 12.9. The third-order valence-electron chi connectivity index (χ3n) is 4.40. The van der Waals surface area contributed by atoms with E-state index in [-0.39, 0.29) is 4.90 Å². The van der Waals surface area contributed by atoms with Crippen LogP contribution in [0.4, 0.5) is 17.1 Å². The fourth-order valence-corrected chi connectivity index (χ4v) is 4.01. The SMILES string of the molecule is Cc1ccc(Nc2ccccc2NS(=O)(=O)c2ccc3oc(=O)ccc3c2)cc1. The summed E-state index contributed by atoms with van der Waals surface area (Å²) in [4.78, 5) is 11.4. The Balaban J connectivity index is 1.65. The molecule has 0 aliphatic rings. The van der Waals surface area contributed by atoms with E-state index in [1.165, 1.54) is 30.3 Å². The number of hydrogen-bond acceptors (Lipinski definition) is 5. The lowest BCUT2D eigenvalue weighted by Crippen LogP contribution is -2.14. The third kappa shape index (κ3) is 4.14. The van der Waals surface area contributed by atoms with E-state index in [1.807, 2.05) is 37.3 Å². The van der Waals surface area contributed by atoms with Gasteiger partial charge in [0.15, 0.2) is 0 Å². The van der Waals surface area contributed by atoms with E-state index >= 15 is 0 Å². The van der Waals surface area contributed by atoms with Crippen LogP contribution in [-0.2, 0) is 10.0 Å². The van der Waals surface area contributed by atoms with Crippen LogP contribution in [0.3, 0.4) is 0 Å². The Bertz CT molecular complexity index is 1340. The predicted octanol–water partition coefficient (Wildman–Crippen LogP) is 4.65. The summed E-state index contributed by atoms with van der Waals surface area (Å²) in [5, 5.41) is 3.76. The molecule has 0 radical (unpaired) electrons. The molecule has 0 aliphatic heterocycles. The van der Waals surface area contributed by atoms with Crippen molar-refractivity contribution in [1.82, 2.24) is 0 Å². The van der Waals surface area contributed by atoms with Gasteiger partial charge in [0, 0.05) is 17.1 Å². The minimum atomic E-state index is -3.85. The van der Waals surface area contributed by atoms with Crippen molar-refractivity contribution < 1.29 is 12.8 Å². The monoisotopic (exact) mass is 406 g/mol. The molecule has 6 nitrogen and oxygen atoms in total. The summed E-state index contributed by atoms with van der Waals surface area (Å²) >= 11 is 0. The molecule has 0 saturated heterocycles. The van der Waals surface area contributed by atoms with E-state index in [1.54, 1.807) is 18.2 Å². The van der Waals surface area contributed by atoms with Crippen LogP contribution in [0.15, 0.2) is 93.0 Å². The van der Waals surface area contributed by atoms with Gasteiger partial charge in [0.05, 0.1) is 16.3 Å². The average Bonchev–Trinajstić information content (AvgIpc) is 2.70. The van der Waals surface area contributed by atoms with Crippen molar-refractivity contribution in [3.63, 3.8) is 0 Å². The van der Waals surface area contributed by atoms with Crippen LogP contribution in [0, 0.1) is 6.92 Å². The molecule has 1 aromatic heterocycles.